The third-order valence-electron chi connectivity index (χ3n) is 10.4. The SMILES string of the molecule is c1ccc(-c2nc(-c3ccc(-c4cccc5c4sc4ccccc45)cc3)nc(-c3cccc4c3sc3ccccc34)n2)c(-c2ccc3ccccc3c2)c1. The van der Waals surface area contributed by atoms with Gasteiger partial charge in [-0.05, 0) is 57.3 Å². The van der Waals surface area contributed by atoms with E-state index >= 15 is 0 Å². The van der Waals surface area contributed by atoms with Crippen LogP contribution in [0.1, 0.15) is 0 Å². The van der Waals surface area contributed by atoms with E-state index in [0.29, 0.717) is 17.5 Å². The van der Waals surface area contributed by atoms with Crippen molar-refractivity contribution in [2.45, 2.75) is 0 Å². The van der Waals surface area contributed by atoms with Crippen molar-refractivity contribution in [3.63, 3.8) is 0 Å². The lowest BCUT2D eigenvalue weighted by atomic mass is 9.96. The van der Waals surface area contributed by atoms with E-state index in [1.165, 1.54) is 62.2 Å². The normalized spacial score (nSPS) is 11.7. The summed E-state index contributed by atoms with van der Waals surface area (Å²) in [6.07, 6.45) is 0. The molecule has 8 aromatic carbocycles. The van der Waals surface area contributed by atoms with Crippen molar-refractivity contribution in [1.82, 2.24) is 15.0 Å². The Hall–Kier alpha value is -6.53. The lowest BCUT2D eigenvalue weighted by molar-refractivity contribution is 1.08. The van der Waals surface area contributed by atoms with Crippen molar-refractivity contribution in [2.24, 2.45) is 0 Å². The first kappa shape index (κ1) is 31.0. The fourth-order valence-corrected chi connectivity index (χ4v) is 10.2. The minimum Gasteiger partial charge on any atom is -0.208 e. The molecule has 0 unspecified atom stereocenters. The van der Waals surface area contributed by atoms with E-state index in [1.807, 2.05) is 11.3 Å². The molecule has 0 saturated heterocycles. The average molecular weight is 724 g/mol. The Kier molecular flexibility index (Phi) is 7.22. The van der Waals surface area contributed by atoms with Crippen LogP contribution in [0.25, 0.3) is 108 Å². The molecule has 0 N–H and O–H groups in total. The van der Waals surface area contributed by atoms with Gasteiger partial charge in [0.2, 0.25) is 0 Å². The van der Waals surface area contributed by atoms with Gasteiger partial charge in [-0.15, -0.1) is 22.7 Å². The van der Waals surface area contributed by atoms with Crippen LogP contribution in [0.5, 0.6) is 0 Å². The van der Waals surface area contributed by atoms with Gasteiger partial charge in [0.1, 0.15) is 0 Å². The Morgan fingerprint density at radius 3 is 1.50 bits per heavy atom. The third kappa shape index (κ3) is 5.12. The first-order valence-electron chi connectivity index (χ1n) is 18.0. The Balaban J connectivity index is 1.09. The minimum atomic E-state index is 0.646. The largest absolute Gasteiger partial charge is 0.208 e. The zero-order valence-electron chi connectivity index (χ0n) is 28.9. The van der Waals surface area contributed by atoms with Crippen LogP contribution in [0.3, 0.4) is 0 Å². The van der Waals surface area contributed by atoms with Crippen LogP contribution in [-0.4, -0.2) is 15.0 Å². The highest BCUT2D eigenvalue weighted by Gasteiger charge is 2.19. The molecule has 11 aromatic rings. The molecule has 252 valence electrons. The molecule has 0 saturated carbocycles. The van der Waals surface area contributed by atoms with Crippen molar-refractivity contribution in [3.05, 3.63) is 176 Å². The smallest absolute Gasteiger partial charge is 0.165 e. The van der Waals surface area contributed by atoms with E-state index in [9.17, 15) is 0 Å². The average Bonchev–Trinajstić information content (AvgIpc) is 3.82. The van der Waals surface area contributed by atoms with Gasteiger partial charge in [-0.1, -0.05) is 152 Å². The maximum absolute atomic E-state index is 5.27. The van der Waals surface area contributed by atoms with Gasteiger partial charge in [0.25, 0.3) is 0 Å². The van der Waals surface area contributed by atoms with Crippen LogP contribution in [-0.2, 0) is 0 Å². The fraction of sp³-hybridized carbons (Fsp3) is 0. The summed E-state index contributed by atoms with van der Waals surface area (Å²) in [6, 6.07) is 62.6. The second kappa shape index (κ2) is 12.6. The molecule has 54 heavy (non-hydrogen) atoms. The Morgan fingerprint density at radius 2 is 0.778 bits per heavy atom. The molecule has 0 fully saturated rings. The highest BCUT2D eigenvalue weighted by atomic mass is 32.1. The number of benzene rings is 8. The van der Waals surface area contributed by atoms with E-state index in [4.69, 9.17) is 15.0 Å². The predicted molar refractivity (Wildman–Crippen MR) is 230 cm³/mol. The quantitative estimate of drug-likeness (QED) is 0.177. The summed E-state index contributed by atoms with van der Waals surface area (Å²) in [5.74, 6) is 1.96. The first-order chi connectivity index (χ1) is 26.7. The summed E-state index contributed by atoms with van der Waals surface area (Å²) < 4.78 is 5.04. The molecule has 0 radical (unpaired) electrons. The molecule has 0 aliphatic rings. The molecule has 5 heteroatoms. The monoisotopic (exact) mass is 723 g/mol. The highest BCUT2D eigenvalue weighted by Crippen LogP contribution is 2.42. The maximum Gasteiger partial charge on any atom is 0.165 e. The van der Waals surface area contributed by atoms with Crippen molar-refractivity contribution < 1.29 is 0 Å². The van der Waals surface area contributed by atoms with Crippen LogP contribution < -0.4 is 0 Å². The molecule has 0 aliphatic heterocycles. The standard InChI is InChI=1S/C49H29N3S2/c1-2-12-33-29-34(28-23-30(33)11-1)35-13-3-4-16-41(35)48-50-47(51-49(52-48)42-20-10-19-40-38-15-6-8-22-44(38)54-46(40)42)32-26-24-31(25-27-32)36-17-9-18-39-37-14-5-7-21-43(37)53-45(36)39/h1-29H. The lowest BCUT2D eigenvalue weighted by Gasteiger charge is -2.13. The van der Waals surface area contributed by atoms with Crippen molar-refractivity contribution in [1.29, 1.82) is 0 Å². The van der Waals surface area contributed by atoms with Gasteiger partial charge in [-0.2, -0.15) is 0 Å². The second-order valence-corrected chi connectivity index (χ2v) is 15.7. The molecule has 0 atom stereocenters. The van der Waals surface area contributed by atoms with Crippen LogP contribution in [0.2, 0.25) is 0 Å². The molecular weight excluding hydrogens is 695 g/mol. The van der Waals surface area contributed by atoms with Crippen molar-refractivity contribution >= 4 is 73.8 Å². The summed E-state index contributed by atoms with van der Waals surface area (Å²) in [5.41, 5.74) is 7.53. The van der Waals surface area contributed by atoms with Crippen molar-refractivity contribution in [2.75, 3.05) is 0 Å². The lowest BCUT2D eigenvalue weighted by Crippen LogP contribution is -2.01. The van der Waals surface area contributed by atoms with Crippen LogP contribution >= 0.6 is 22.7 Å². The van der Waals surface area contributed by atoms with Gasteiger partial charge in [0, 0.05) is 57.0 Å². The molecule has 3 heterocycles. The van der Waals surface area contributed by atoms with Gasteiger partial charge >= 0.3 is 0 Å². The molecule has 3 nitrogen and oxygen atoms in total. The Labute approximate surface area is 319 Å². The molecular formula is C49H29N3S2. The summed E-state index contributed by atoms with van der Waals surface area (Å²) in [7, 11) is 0. The van der Waals surface area contributed by atoms with Crippen LogP contribution in [0.4, 0.5) is 0 Å². The zero-order chi connectivity index (χ0) is 35.6. The minimum absolute atomic E-state index is 0.646. The number of hydrogen-bond acceptors (Lipinski definition) is 5. The summed E-state index contributed by atoms with van der Waals surface area (Å²) in [4.78, 5) is 15.7. The van der Waals surface area contributed by atoms with E-state index in [0.717, 1.165) is 27.8 Å². The van der Waals surface area contributed by atoms with Gasteiger partial charge in [-0.3, -0.25) is 0 Å². The van der Waals surface area contributed by atoms with Gasteiger partial charge < -0.3 is 0 Å². The number of rotatable bonds is 5. The number of thiophene rings is 2. The summed E-state index contributed by atoms with van der Waals surface area (Å²) >= 11 is 3.64. The van der Waals surface area contributed by atoms with E-state index < -0.39 is 0 Å². The molecule has 0 spiro atoms. The Morgan fingerprint density at radius 1 is 0.296 bits per heavy atom. The van der Waals surface area contributed by atoms with E-state index in [2.05, 4.69) is 176 Å². The van der Waals surface area contributed by atoms with E-state index in [-0.39, 0.29) is 0 Å². The summed E-state index contributed by atoms with van der Waals surface area (Å²) in [6.45, 7) is 0. The molecule has 3 aromatic heterocycles. The topological polar surface area (TPSA) is 38.7 Å². The fourth-order valence-electron chi connectivity index (χ4n) is 7.73. The van der Waals surface area contributed by atoms with Gasteiger partial charge in [-0.25, -0.2) is 15.0 Å². The zero-order valence-corrected chi connectivity index (χ0v) is 30.5. The molecule has 0 amide bonds. The van der Waals surface area contributed by atoms with Crippen LogP contribution in [0.15, 0.2) is 176 Å². The predicted octanol–water partition coefficient (Wildman–Crippen LogP) is 14.1. The number of aromatic nitrogens is 3. The summed E-state index contributed by atoms with van der Waals surface area (Å²) in [5, 5.41) is 7.48. The molecule has 0 bridgehead atoms. The number of hydrogen-bond donors (Lipinski definition) is 0. The number of fused-ring (bicyclic) bond motifs is 7. The van der Waals surface area contributed by atoms with Crippen molar-refractivity contribution in [3.8, 4) is 56.4 Å². The first-order valence-corrected chi connectivity index (χ1v) is 19.6. The van der Waals surface area contributed by atoms with Gasteiger partial charge in [0.15, 0.2) is 17.5 Å². The second-order valence-electron chi connectivity index (χ2n) is 13.6. The third-order valence-corrected chi connectivity index (χ3v) is 12.8. The molecule has 11 rings (SSSR count). The number of nitrogens with zero attached hydrogens (tertiary/aromatic N) is 3. The Bertz CT molecular complexity index is 3230. The van der Waals surface area contributed by atoms with Gasteiger partial charge in [0.05, 0.1) is 0 Å². The van der Waals surface area contributed by atoms with E-state index in [1.54, 1.807) is 11.3 Å². The van der Waals surface area contributed by atoms with Crippen LogP contribution in [0, 0.1) is 0 Å². The maximum atomic E-state index is 5.27. The highest BCUT2D eigenvalue weighted by molar-refractivity contribution is 7.26. The molecule has 0 aliphatic carbocycles.